The van der Waals surface area contributed by atoms with Crippen LogP contribution in [0.1, 0.15) is 40.5 Å². The molecule has 4 N–H and O–H groups in total. The summed E-state index contributed by atoms with van der Waals surface area (Å²) in [7, 11) is 0. The zero-order valence-corrected chi connectivity index (χ0v) is 12.2. The lowest BCUT2D eigenvalue weighted by Crippen LogP contribution is -2.66. The van der Waals surface area contributed by atoms with Crippen molar-refractivity contribution in [3.05, 3.63) is 11.6 Å². The lowest BCUT2D eigenvalue weighted by atomic mass is 9.46. The molecule has 19 heavy (non-hydrogen) atoms. The minimum atomic E-state index is -1.38. The van der Waals surface area contributed by atoms with Gasteiger partial charge in [0.2, 0.25) is 0 Å². The van der Waals surface area contributed by atoms with Gasteiger partial charge in [-0.15, -0.1) is 0 Å². The van der Waals surface area contributed by atoms with E-state index in [4.69, 9.17) is 0 Å². The Kier molecular flexibility index (Phi) is 3.38. The van der Waals surface area contributed by atoms with Crippen LogP contribution < -0.4 is 0 Å². The largest absolute Gasteiger partial charge is 0.393 e. The third-order valence-electron chi connectivity index (χ3n) is 5.54. The molecule has 0 aliphatic heterocycles. The molecule has 0 spiro atoms. The van der Waals surface area contributed by atoms with Crippen LogP contribution in [0.4, 0.5) is 0 Å². The van der Waals surface area contributed by atoms with Gasteiger partial charge in [0.05, 0.1) is 18.8 Å². The van der Waals surface area contributed by atoms with Crippen molar-refractivity contribution < 1.29 is 20.4 Å². The molecule has 2 rings (SSSR count). The number of hydrogen-bond acceptors (Lipinski definition) is 4. The summed E-state index contributed by atoms with van der Waals surface area (Å²) in [5.74, 6) is -0.191. The van der Waals surface area contributed by atoms with Crippen molar-refractivity contribution in [1.29, 1.82) is 0 Å². The number of rotatable bonds is 1. The van der Waals surface area contributed by atoms with Gasteiger partial charge in [-0.1, -0.05) is 26.8 Å². The second kappa shape index (κ2) is 4.29. The van der Waals surface area contributed by atoms with Crippen LogP contribution in [0.3, 0.4) is 0 Å². The first kappa shape index (κ1) is 15.0. The fraction of sp³-hybridized carbons (Fsp3) is 0.867. The molecule has 0 saturated heterocycles. The van der Waals surface area contributed by atoms with E-state index in [0.29, 0.717) is 18.4 Å². The van der Waals surface area contributed by atoms with Crippen molar-refractivity contribution >= 4 is 0 Å². The van der Waals surface area contributed by atoms with E-state index in [1.54, 1.807) is 13.0 Å². The zero-order chi connectivity index (χ0) is 14.6. The quantitative estimate of drug-likeness (QED) is 0.532. The van der Waals surface area contributed by atoms with E-state index in [9.17, 15) is 20.4 Å². The van der Waals surface area contributed by atoms with Crippen LogP contribution in [0.15, 0.2) is 11.6 Å². The summed E-state index contributed by atoms with van der Waals surface area (Å²) in [6.45, 7) is 7.23. The van der Waals surface area contributed by atoms with Crippen LogP contribution in [-0.2, 0) is 0 Å². The zero-order valence-electron chi connectivity index (χ0n) is 12.2. The summed E-state index contributed by atoms with van der Waals surface area (Å²) in [5.41, 5.74) is -1.82. The average molecular weight is 270 g/mol. The Morgan fingerprint density at radius 1 is 1.21 bits per heavy atom. The Hall–Kier alpha value is -0.420. The molecule has 0 aromatic rings. The average Bonchev–Trinajstić information content (AvgIpc) is 2.22. The Bertz CT molecular complexity index is 403. The van der Waals surface area contributed by atoms with E-state index in [2.05, 4.69) is 0 Å². The highest BCUT2D eigenvalue weighted by Crippen LogP contribution is 2.60. The van der Waals surface area contributed by atoms with Crippen LogP contribution in [0.25, 0.3) is 0 Å². The van der Waals surface area contributed by atoms with Gasteiger partial charge in [0.25, 0.3) is 0 Å². The maximum Gasteiger partial charge on any atom is 0.114 e. The second-order valence-corrected chi connectivity index (χ2v) is 7.30. The molecule has 1 fully saturated rings. The standard InChI is InChI=1S/C15H26O4/c1-9-5-11(18)12-13(2,3)6-10(17)7-14(12,4)15(9,19)8-16/h5,10-12,16-19H,6-8H2,1-4H3/t10-,11-,12-,14-,15-/m0/s1. The Morgan fingerprint density at radius 3 is 2.32 bits per heavy atom. The summed E-state index contributed by atoms with van der Waals surface area (Å²) in [6, 6.07) is 0. The molecular weight excluding hydrogens is 244 g/mol. The van der Waals surface area contributed by atoms with Gasteiger partial charge in [-0.05, 0) is 30.8 Å². The molecule has 110 valence electrons. The first-order chi connectivity index (χ1) is 8.58. The van der Waals surface area contributed by atoms with Gasteiger partial charge >= 0.3 is 0 Å². The first-order valence-electron chi connectivity index (χ1n) is 6.97. The van der Waals surface area contributed by atoms with Gasteiger partial charge in [-0.25, -0.2) is 0 Å². The smallest absolute Gasteiger partial charge is 0.114 e. The first-order valence-corrected chi connectivity index (χ1v) is 6.97. The van der Waals surface area contributed by atoms with Crippen molar-refractivity contribution in [3.63, 3.8) is 0 Å². The van der Waals surface area contributed by atoms with Gasteiger partial charge in [-0.3, -0.25) is 0 Å². The van der Waals surface area contributed by atoms with Crippen molar-refractivity contribution in [1.82, 2.24) is 0 Å². The normalized spacial score (nSPS) is 49.5. The summed E-state index contributed by atoms with van der Waals surface area (Å²) < 4.78 is 0. The molecule has 0 unspecified atom stereocenters. The van der Waals surface area contributed by atoms with Gasteiger partial charge in [0.15, 0.2) is 0 Å². The molecule has 0 aromatic heterocycles. The third kappa shape index (κ3) is 1.88. The monoisotopic (exact) mass is 270 g/mol. The predicted molar refractivity (Wildman–Crippen MR) is 72.4 cm³/mol. The summed E-state index contributed by atoms with van der Waals surface area (Å²) in [6.07, 6.45) is 1.47. The molecule has 4 nitrogen and oxygen atoms in total. The van der Waals surface area contributed by atoms with E-state index < -0.39 is 29.8 Å². The van der Waals surface area contributed by atoms with Crippen molar-refractivity contribution in [2.45, 2.75) is 58.3 Å². The summed E-state index contributed by atoms with van der Waals surface area (Å²) >= 11 is 0. The number of fused-ring (bicyclic) bond motifs is 1. The molecular formula is C15H26O4. The van der Waals surface area contributed by atoms with Crippen LogP contribution in [-0.4, -0.2) is 44.8 Å². The molecule has 4 heteroatoms. The van der Waals surface area contributed by atoms with Gasteiger partial charge in [0.1, 0.15) is 5.60 Å². The molecule has 2 aliphatic rings. The molecule has 1 saturated carbocycles. The highest BCUT2D eigenvalue weighted by molar-refractivity contribution is 5.30. The maximum absolute atomic E-state index is 10.9. The molecule has 0 bridgehead atoms. The van der Waals surface area contributed by atoms with Crippen LogP contribution >= 0.6 is 0 Å². The van der Waals surface area contributed by atoms with Gasteiger partial charge < -0.3 is 20.4 Å². The minimum Gasteiger partial charge on any atom is -0.393 e. The van der Waals surface area contributed by atoms with Crippen molar-refractivity contribution in [2.24, 2.45) is 16.7 Å². The van der Waals surface area contributed by atoms with Crippen molar-refractivity contribution in [3.8, 4) is 0 Å². The SMILES string of the molecule is CC1=C[C@H](O)[C@H]2C(C)(C)C[C@H](O)C[C@]2(C)[C@]1(O)CO. The molecule has 0 aromatic carbocycles. The number of aliphatic hydroxyl groups is 4. The lowest BCUT2D eigenvalue weighted by molar-refractivity contribution is -0.205. The second-order valence-electron chi connectivity index (χ2n) is 7.30. The minimum absolute atomic E-state index is 0.191. The molecule has 0 radical (unpaired) electrons. The highest BCUT2D eigenvalue weighted by Gasteiger charge is 2.63. The van der Waals surface area contributed by atoms with E-state index in [-0.39, 0.29) is 11.3 Å². The van der Waals surface area contributed by atoms with E-state index >= 15 is 0 Å². The number of hydrogen-bond donors (Lipinski definition) is 4. The highest BCUT2D eigenvalue weighted by atomic mass is 16.3. The topological polar surface area (TPSA) is 80.9 Å². The van der Waals surface area contributed by atoms with E-state index in [0.717, 1.165) is 0 Å². The molecule has 2 aliphatic carbocycles. The van der Waals surface area contributed by atoms with E-state index in [1.165, 1.54) is 0 Å². The summed E-state index contributed by atoms with van der Waals surface area (Å²) in [5, 5.41) is 41.2. The fourth-order valence-electron chi connectivity index (χ4n) is 4.80. The Morgan fingerprint density at radius 2 is 1.79 bits per heavy atom. The van der Waals surface area contributed by atoms with Crippen LogP contribution in [0.5, 0.6) is 0 Å². The molecule has 5 atom stereocenters. The van der Waals surface area contributed by atoms with Gasteiger partial charge in [0, 0.05) is 11.3 Å². The third-order valence-corrected chi connectivity index (χ3v) is 5.54. The van der Waals surface area contributed by atoms with E-state index in [1.807, 2.05) is 20.8 Å². The van der Waals surface area contributed by atoms with Gasteiger partial charge in [-0.2, -0.15) is 0 Å². The molecule has 0 heterocycles. The van der Waals surface area contributed by atoms with Crippen LogP contribution in [0, 0.1) is 16.7 Å². The summed E-state index contributed by atoms with van der Waals surface area (Å²) in [4.78, 5) is 0. The molecule has 0 amide bonds. The fourth-order valence-corrected chi connectivity index (χ4v) is 4.80. The lowest BCUT2D eigenvalue weighted by Gasteiger charge is -2.61. The number of aliphatic hydroxyl groups excluding tert-OH is 3. The Balaban J connectivity index is 2.61. The maximum atomic E-state index is 10.9. The van der Waals surface area contributed by atoms with Crippen LogP contribution in [0.2, 0.25) is 0 Å². The Labute approximate surface area is 114 Å². The van der Waals surface area contributed by atoms with Crippen molar-refractivity contribution in [2.75, 3.05) is 6.61 Å². The predicted octanol–water partition coefficient (Wildman–Crippen LogP) is 0.834.